The van der Waals surface area contributed by atoms with E-state index in [1.807, 2.05) is 6.07 Å². The fraction of sp³-hybridized carbons (Fsp3) is 0.619. The number of β-amino-alcohol motifs (C(OH)–C–C–N with tert-alkyl or cyclic N) is 1. The van der Waals surface area contributed by atoms with Crippen LogP contribution in [0.25, 0.3) is 10.9 Å². The van der Waals surface area contributed by atoms with Gasteiger partial charge in [0, 0.05) is 60.9 Å². The Morgan fingerprint density at radius 3 is 2.56 bits per heavy atom. The predicted octanol–water partition coefficient (Wildman–Crippen LogP) is 3.46. The normalized spacial score (nSPS) is 22.5. The molecule has 0 amide bonds. The Morgan fingerprint density at radius 2 is 1.80 bits per heavy atom. The van der Waals surface area contributed by atoms with Gasteiger partial charge in [0.15, 0.2) is 0 Å². The molecule has 1 saturated heterocycles. The van der Waals surface area contributed by atoms with E-state index in [4.69, 9.17) is 0 Å². The average Bonchev–Trinajstić information content (AvgIpc) is 2.99. The zero-order valence-electron chi connectivity index (χ0n) is 15.4. The molecule has 0 bridgehead atoms. The molecule has 1 aromatic heterocycles. The maximum absolute atomic E-state index is 10.9. The number of nitrogens with one attached hydrogen (secondary N) is 1. The lowest BCUT2D eigenvalue weighted by Crippen LogP contribution is -2.51. The number of aromatic amines is 1. The van der Waals surface area contributed by atoms with Gasteiger partial charge in [0.25, 0.3) is 0 Å². The van der Waals surface area contributed by atoms with Crippen LogP contribution in [0.5, 0.6) is 0 Å². The van der Waals surface area contributed by atoms with E-state index in [0.29, 0.717) is 0 Å². The van der Waals surface area contributed by atoms with Crippen LogP contribution in [0.2, 0.25) is 0 Å². The Balaban J connectivity index is 1.37. The molecule has 0 unspecified atom stereocenters. The molecule has 2 fully saturated rings. The summed E-state index contributed by atoms with van der Waals surface area (Å²) in [6.07, 6.45) is 6.59. The third kappa shape index (κ3) is 3.62. The van der Waals surface area contributed by atoms with Crippen LogP contribution in [0.1, 0.15) is 49.5 Å². The van der Waals surface area contributed by atoms with Gasteiger partial charge in [-0.1, -0.05) is 37.5 Å². The number of aromatic nitrogens is 1. The number of nitrogens with zero attached hydrogens (tertiary/aromatic N) is 2. The molecule has 0 radical (unpaired) electrons. The Morgan fingerprint density at radius 1 is 1.08 bits per heavy atom. The highest BCUT2D eigenvalue weighted by Crippen LogP contribution is 2.29. The van der Waals surface area contributed by atoms with Crippen LogP contribution < -0.4 is 0 Å². The van der Waals surface area contributed by atoms with Crippen LogP contribution >= 0.6 is 0 Å². The van der Waals surface area contributed by atoms with Crippen molar-refractivity contribution in [2.75, 3.05) is 32.7 Å². The number of para-hydroxylation sites is 1. The molecule has 1 aliphatic heterocycles. The Kier molecular flexibility index (Phi) is 5.11. The molecule has 25 heavy (non-hydrogen) atoms. The summed E-state index contributed by atoms with van der Waals surface area (Å²) < 4.78 is 0. The molecule has 1 saturated carbocycles. The molecule has 2 aliphatic rings. The standard InChI is InChI=1S/C21H31N3O/c1-16-21(18-9-5-6-10-19(18)22-16)20(25)15-23-11-13-24(14-12-23)17-7-3-2-4-8-17/h5-6,9-10,17,20,22,25H,2-4,7-8,11-15H2,1H3/t20-/m1/s1. The van der Waals surface area contributed by atoms with Crippen molar-refractivity contribution in [3.05, 3.63) is 35.5 Å². The number of fused-ring (bicyclic) bond motifs is 1. The van der Waals surface area contributed by atoms with Gasteiger partial charge < -0.3 is 10.1 Å². The van der Waals surface area contributed by atoms with E-state index in [-0.39, 0.29) is 0 Å². The number of aliphatic hydroxyl groups is 1. The van der Waals surface area contributed by atoms with Gasteiger partial charge in [-0.2, -0.15) is 0 Å². The van der Waals surface area contributed by atoms with Gasteiger partial charge in [-0.25, -0.2) is 0 Å². The molecule has 1 aromatic carbocycles. The Labute approximate surface area is 150 Å². The minimum atomic E-state index is -0.419. The number of aliphatic hydroxyl groups excluding tert-OH is 1. The first-order valence-corrected chi connectivity index (χ1v) is 9.94. The predicted molar refractivity (Wildman–Crippen MR) is 103 cm³/mol. The van der Waals surface area contributed by atoms with Crippen molar-refractivity contribution in [3.8, 4) is 0 Å². The van der Waals surface area contributed by atoms with E-state index in [1.54, 1.807) is 0 Å². The second-order valence-electron chi connectivity index (χ2n) is 7.85. The molecule has 4 nitrogen and oxygen atoms in total. The van der Waals surface area contributed by atoms with E-state index in [0.717, 1.165) is 60.9 Å². The van der Waals surface area contributed by atoms with Crippen molar-refractivity contribution in [1.82, 2.24) is 14.8 Å². The lowest BCUT2D eigenvalue weighted by Gasteiger charge is -2.41. The fourth-order valence-corrected chi connectivity index (χ4v) is 4.82. The van der Waals surface area contributed by atoms with E-state index in [2.05, 4.69) is 39.9 Å². The van der Waals surface area contributed by atoms with Gasteiger partial charge in [0.05, 0.1) is 6.10 Å². The van der Waals surface area contributed by atoms with Crippen molar-refractivity contribution in [2.45, 2.75) is 51.2 Å². The highest BCUT2D eigenvalue weighted by Gasteiger charge is 2.27. The number of piperazine rings is 1. The van der Waals surface area contributed by atoms with E-state index < -0.39 is 6.10 Å². The summed E-state index contributed by atoms with van der Waals surface area (Å²) in [6.45, 7) is 7.28. The highest BCUT2D eigenvalue weighted by atomic mass is 16.3. The van der Waals surface area contributed by atoms with Crippen molar-refractivity contribution in [2.24, 2.45) is 0 Å². The third-order valence-electron chi connectivity index (χ3n) is 6.21. The zero-order valence-corrected chi connectivity index (χ0v) is 15.4. The van der Waals surface area contributed by atoms with Crippen LogP contribution in [0.15, 0.2) is 24.3 Å². The molecule has 136 valence electrons. The topological polar surface area (TPSA) is 42.5 Å². The van der Waals surface area contributed by atoms with E-state index in [9.17, 15) is 5.11 Å². The maximum atomic E-state index is 10.9. The number of H-pyrrole nitrogens is 1. The first-order chi connectivity index (χ1) is 12.2. The summed E-state index contributed by atoms with van der Waals surface area (Å²) in [7, 11) is 0. The minimum absolute atomic E-state index is 0.419. The monoisotopic (exact) mass is 341 g/mol. The van der Waals surface area contributed by atoms with Crippen molar-refractivity contribution < 1.29 is 5.11 Å². The molecule has 1 aliphatic carbocycles. The summed E-state index contributed by atoms with van der Waals surface area (Å²) in [5.41, 5.74) is 3.29. The lowest BCUT2D eigenvalue weighted by atomic mass is 9.94. The summed E-state index contributed by atoms with van der Waals surface area (Å²) in [5, 5.41) is 12.0. The number of rotatable bonds is 4. The SMILES string of the molecule is Cc1[nH]c2ccccc2c1[C@H](O)CN1CCN(C2CCCCC2)CC1. The summed E-state index contributed by atoms with van der Waals surface area (Å²) in [6, 6.07) is 9.10. The smallest absolute Gasteiger partial charge is 0.0940 e. The number of aryl methyl sites for hydroxylation is 1. The largest absolute Gasteiger partial charge is 0.387 e. The van der Waals surface area contributed by atoms with Gasteiger partial charge in [-0.05, 0) is 25.8 Å². The Bertz CT molecular complexity index is 696. The van der Waals surface area contributed by atoms with E-state index in [1.165, 1.54) is 32.1 Å². The minimum Gasteiger partial charge on any atom is -0.387 e. The van der Waals surface area contributed by atoms with Crippen LogP contribution in [-0.4, -0.2) is 58.7 Å². The number of benzene rings is 1. The van der Waals surface area contributed by atoms with Gasteiger partial charge in [-0.3, -0.25) is 9.80 Å². The molecule has 4 heteroatoms. The van der Waals surface area contributed by atoms with Gasteiger partial charge in [0.2, 0.25) is 0 Å². The van der Waals surface area contributed by atoms with Crippen molar-refractivity contribution >= 4 is 10.9 Å². The first kappa shape index (κ1) is 17.1. The summed E-state index contributed by atoms with van der Waals surface area (Å²) >= 11 is 0. The second kappa shape index (κ2) is 7.48. The molecule has 1 atom stereocenters. The van der Waals surface area contributed by atoms with Gasteiger partial charge in [-0.15, -0.1) is 0 Å². The maximum Gasteiger partial charge on any atom is 0.0940 e. The van der Waals surface area contributed by atoms with Crippen LogP contribution in [-0.2, 0) is 0 Å². The number of hydrogen-bond donors (Lipinski definition) is 2. The molecule has 2 aromatic rings. The van der Waals surface area contributed by atoms with Crippen molar-refractivity contribution in [3.63, 3.8) is 0 Å². The molecule has 2 heterocycles. The lowest BCUT2D eigenvalue weighted by molar-refractivity contribution is 0.0477. The zero-order chi connectivity index (χ0) is 17.2. The van der Waals surface area contributed by atoms with Crippen LogP contribution in [0.4, 0.5) is 0 Å². The molecular weight excluding hydrogens is 310 g/mol. The third-order valence-corrected chi connectivity index (χ3v) is 6.21. The molecule has 4 rings (SSSR count). The fourth-order valence-electron chi connectivity index (χ4n) is 4.82. The second-order valence-corrected chi connectivity index (χ2v) is 7.85. The molecule has 0 spiro atoms. The highest BCUT2D eigenvalue weighted by molar-refractivity contribution is 5.84. The Hall–Kier alpha value is -1.36. The quantitative estimate of drug-likeness (QED) is 0.895. The molecule has 2 N–H and O–H groups in total. The van der Waals surface area contributed by atoms with E-state index >= 15 is 0 Å². The van der Waals surface area contributed by atoms with Crippen molar-refractivity contribution in [1.29, 1.82) is 0 Å². The molecular formula is C21H31N3O. The average molecular weight is 341 g/mol. The van der Waals surface area contributed by atoms with Gasteiger partial charge in [0.1, 0.15) is 0 Å². The first-order valence-electron chi connectivity index (χ1n) is 9.94. The van der Waals surface area contributed by atoms with Crippen LogP contribution in [0, 0.1) is 6.92 Å². The summed E-state index contributed by atoms with van der Waals surface area (Å²) in [5.74, 6) is 0. The van der Waals surface area contributed by atoms with Gasteiger partial charge >= 0.3 is 0 Å². The number of hydrogen-bond acceptors (Lipinski definition) is 3. The summed E-state index contributed by atoms with van der Waals surface area (Å²) in [4.78, 5) is 8.54. The van der Waals surface area contributed by atoms with Crippen LogP contribution in [0.3, 0.4) is 0 Å².